The molecule has 0 spiro atoms. The van der Waals surface area contributed by atoms with E-state index in [9.17, 15) is 26.3 Å². The molecule has 0 fully saturated rings. The van der Waals surface area contributed by atoms with E-state index in [0.29, 0.717) is 6.92 Å². The molecule has 0 atom stereocenters. The van der Waals surface area contributed by atoms with Gasteiger partial charge < -0.3 is 4.74 Å². The zero-order chi connectivity index (χ0) is 19.1. The second kappa shape index (κ2) is 6.15. The second-order valence-corrected chi connectivity index (χ2v) is 5.47. The van der Waals surface area contributed by atoms with Crippen LogP contribution < -0.4 is 4.74 Å². The molecular formula is C15H10F6N4O. The first kappa shape index (κ1) is 18.0. The average molecular weight is 376 g/mol. The standard InChI is InChI=1S/C15H10F6N4O/c1-14(17,18)13-24-23-11-3-2-8(6-25(11)13)9-4-10(16)12(22-5-9)26-7-15(19,20)21/h2-6H,7H2,1H3. The van der Waals surface area contributed by atoms with Crippen molar-refractivity contribution in [2.75, 3.05) is 6.61 Å². The van der Waals surface area contributed by atoms with Crippen LogP contribution in [-0.2, 0) is 5.92 Å². The van der Waals surface area contributed by atoms with Crippen LogP contribution in [0.3, 0.4) is 0 Å². The number of aromatic nitrogens is 4. The van der Waals surface area contributed by atoms with E-state index in [2.05, 4.69) is 19.9 Å². The Balaban J connectivity index is 1.95. The number of rotatable bonds is 4. The molecule has 0 N–H and O–H groups in total. The zero-order valence-corrected chi connectivity index (χ0v) is 13.1. The van der Waals surface area contributed by atoms with Gasteiger partial charge in [-0.1, -0.05) is 0 Å². The molecule has 138 valence electrons. The smallest absolute Gasteiger partial charge is 0.422 e. The van der Waals surface area contributed by atoms with Gasteiger partial charge >= 0.3 is 12.1 Å². The summed E-state index contributed by atoms with van der Waals surface area (Å²) >= 11 is 0. The van der Waals surface area contributed by atoms with Crippen LogP contribution in [0.4, 0.5) is 26.3 Å². The largest absolute Gasteiger partial charge is 0.466 e. The highest BCUT2D eigenvalue weighted by atomic mass is 19.4. The van der Waals surface area contributed by atoms with Crippen molar-refractivity contribution < 1.29 is 31.1 Å². The zero-order valence-electron chi connectivity index (χ0n) is 13.1. The average Bonchev–Trinajstić information content (AvgIpc) is 2.96. The molecule has 0 aliphatic heterocycles. The van der Waals surface area contributed by atoms with Crippen LogP contribution in [0.25, 0.3) is 16.8 Å². The maximum absolute atomic E-state index is 13.9. The Morgan fingerprint density at radius 2 is 1.81 bits per heavy atom. The van der Waals surface area contributed by atoms with Crippen molar-refractivity contribution >= 4 is 5.65 Å². The van der Waals surface area contributed by atoms with Crippen LogP contribution in [-0.4, -0.2) is 32.4 Å². The number of fused-ring (bicyclic) bond motifs is 1. The summed E-state index contributed by atoms with van der Waals surface area (Å²) in [6, 6.07) is 3.76. The summed E-state index contributed by atoms with van der Waals surface area (Å²) in [5.41, 5.74) is 0.600. The predicted octanol–water partition coefficient (Wildman–Crippen LogP) is 3.98. The van der Waals surface area contributed by atoms with Gasteiger partial charge in [-0.15, -0.1) is 10.2 Å². The van der Waals surface area contributed by atoms with Crippen LogP contribution in [0.1, 0.15) is 12.7 Å². The van der Waals surface area contributed by atoms with Gasteiger partial charge in [0.2, 0.25) is 5.82 Å². The van der Waals surface area contributed by atoms with Crippen LogP contribution in [0.15, 0.2) is 30.6 Å². The molecule has 11 heteroatoms. The lowest BCUT2D eigenvalue weighted by Gasteiger charge is -2.11. The SMILES string of the molecule is CC(F)(F)c1nnc2ccc(-c3cnc(OCC(F)(F)F)c(F)c3)cn12. The third-order valence-electron chi connectivity index (χ3n) is 3.31. The van der Waals surface area contributed by atoms with Gasteiger partial charge in [0.05, 0.1) is 0 Å². The summed E-state index contributed by atoms with van der Waals surface area (Å²) < 4.78 is 82.7. The summed E-state index contributed by atoms with van der Waals surface area (Å²) in [6.45, 7) is -1.03. The van der Waals surface area contributed by atoms with E-state index < -0.39 is 36.2 Å². The van der Waals surface area contributed by atoms with Crippen molar-refractivity contribution in [1.29, 1.82) is 0 Å². The van der Waals surface area contributed by atoms with Gasteiger partial charge in [0.1, 0.15) is 0 Å². The Kier molecular flexibility index (Phi) is 4.24. The fraction of sp³-hybridized carbons (Fsp3) is 0.267. The van der Waals surface area contributed by atoms with E-state index in [0.717, 1.165) is 16.7 Å². The van der Waals surface area contributed by atoms with Gasteiger partial charge in [-0.3, -0.25) is 4.40 Å². The first-order valence-corrected chi connectivity index (χ1v) is 7.13. The summed E-state index contributed by atoms with van der Waals surface area (Å²) in [7, 11) is 0. The molecule has 5 nitrogen and oxygen atoms in total. The minimum atomic E-state index is -4.63. The van der Waals surface area contributed by atoms with Crippen molar-refractivity contribution in [3.8, 4) is 17.0 Å². The summed E-state index contributed by atoms with van der Waals surface area (Å²) in [4.78, 5) is 3.51. The Bertz CT molecular complexity index is 947. The molecule has 0 unspecified atom stereocenters. The predicted molar refractivity (Wildman–Crippen MR) is 77.3 cm³/mol. The van der Waals surface area contributed by atoms with E-state index in [-0.39, 0.29) is 16.8 Å². The van der Waals surface area contributed by atoms with Crippen LogP contribution in [0.2, 0.25) is 0 Å². The van der Waals surface area contributed by atoms with Gasteiger partial charge in [0.15, 0.2) is 18.1 Å². The molecule has 26 heavy (non-hydrogen) atoms. The lowest BCUT2D eigenvalue weighted by molar-refractivity contribution is -0.154. The number of nitrogens with zero attached hydrogens (tertiary/aromatic N) is 4. The monoisotopic (exact) mass is 376 g/mol. The van der Waals surface area contributed by atoms with Crippen molar-refractivity contribution in [3.05, 3.63) is 42.2 Å². The lowest BCUT2D eigenvalue weighted by atomic mass is 10.1. The maximum Gasteiger partial charge on any atom is 0.422 e. The quantitative estimate of drug-likeness (QED) is 0.647. The van der Waals surface area contributed by atoms with Gasteiger partial charge in [-0.05, 0) is 18.2 Å². The minimum Gasteiger partial charge on any atom is -0.466 e. The number of hydrogen-bond acceptors (Lipinski definition) is 4. The number of ether oxygens (including phenoxy) is 1. The Hall–Kier alpha value is -2.85. The molecule has 0 saturated heterocycles. The topological polar surface area (TPSA) is 52.3 Å². The minimum absolute atomic E-state index is 0.155. The fourth-order valence-electron chi connectivity index (χ4n) is 2.20. The van der Waals surface area contributed by atoms with E-state index in [1.165, 1.54) is 18.3 Å². The highest BCUT2D eigenvalue weighted by Crippen LogP contribution is 2.29. The van der Waals surface area contributed by atoms with Gasteiger partial charge in [-0.25, -0.2) is 9.37 Å². The maximum atomic E-state index is 13.9. The Labute approximate surface area is 142 Å². The van der Waals surface area contributed by atoms with Gasteiger partial charge in [-0.2, -0.15) is 22.0 Å². The van der Waals surface area contributed by atoms with Crippen LogP contribution >= 0.6 is 0 Å². The Morgan fingerprint density at radius 3 is 2.42 bits per heavy atom. The normalized spacial score (nSPS) is 12.6. The molecule has 0 bridgehead atoms. The number of pyridine rings is 2. The van der Waals surface area contributed by atoms with E-state index in [4.69, 9.17) is 0 Å². The van der Waals surface area contributed by atoms with E-state index >= 15 is 0 Å². The fourth-order valence-corrected chi connectivity index (χ4v) is 2.20. The van der Waals surface area contributed by atoms with Crippen LogP contribution in [0.5, 0.6) is 5.88 Å². The van der Waals surface area contributed by atoms with E-state index in [1.54, 1.807) is 0 Å². The molecule has 0 radical (unpaired) electrons. The summed E-state index contributed by atoms with van der Waals surface area (Å²) in [5, 5.41) is 7.04. The van der Waals surface area contributed by atoms with Crippen molar-refractivity contribution in [3.63, 3.8) is 0 Å². The van der Waals surface area contributed by atoms with Crippen molar-refractivity contribution in [2.24, 2.45) is 0 Å². The molecular weight excluding hydrogens is 366 g/mol. The summed E-state index contributed by atoms with van der Waals surface area (Å²) in [6.07, 6.45) is -2.30. The molecule has 3 aromatic rings. The molecule has 0 aromatic carbocycles. The number of halogens is 6. The van der Waals surface area contributed by atoms with Gasteiger partial charge in [0.25, 0.3) is 5.88 Å². The van der Waals surface area contributed by atoms with Crippen molar-refractivity contribution in [1.82, 2.24) is 19.6 Å². The molecule has 0 amide bonds. The Morgan fingerprint density at radius 1 is 1.08 bits per heavy atom. The third-order valence-corrected chi connectivity index (χ3v) is 3.31. The van der Waals surface area contributed by atoms with E-state index in [1.807, 2.05) is 0 Å². The molecule has 0 saturated carbocycles. The molecule has 0 aliphatic carbocycles. The van der Waals surface area contributed by atoms with Crippen molar-refractivity contribution in [2.45, 2.75) is 19.0 Å². The highest BCUT2D eigenvalue weighted by molar-refractivity contribution is 5.64. The van der Waals surface area contributed by atoms with Crippen LogP contribution in [0, 0.1) is 5.82 Å². The molecule has 3 rings (SSSR count). The highest BCUT2D eigenvalue weighted by Gasteiger charge is 2.31. The molecule has 3 heterocycles. The number of alkyl halides is 5. The first-order chi connectivity index (χ1) is 12.0. The number of hydrogen-bond donors (Lipinski definition) is 0. The second-order valence-electron chi connectivity index (χ2n) is 5.47. The lowest BCUT2D eigenvalue weighted by Crippen LogP contribution is -2.20. The summed E-state index contributed by atoms with van der Waals surface area (Å²) in [5.74, 6) is -5.78. The molecule has 3 aromatic heterocycles. The third kappa shape index (κ3) is 3.70. The first-order valence-electron chi connectivity index (χ1n) is 7.13. The van der Waals surface area contributed by atoms with Gasteiger partial charge in [0, 0.05) is 30.4 Å². The molecule has 0 aliphatic rings.